The van der Waals surface area contributed by atoms with Gasteiger partial charge in [-0.05, 0) is 55.0 Å². The Morgan fingerprint density at radius 2 is 1.54 bits per heavy atom. The van der Waals surface area contributed by atoms with Crippen LogP contribution >= 0.6 is 0 Å². The Kier molecular flexibility index (Phi) is 9.88. The number of aliphatic hydroxyl groups is 1. The molecule has 7 nitrogen and oxygen atoms in total. The van der Waals surface area contributed by atoms with Crippen LogP contribution in [0.1, 0.15) is 45.7 Å². The highest BCUT2D eigenvalue weighted by molar-refractivity contribution is 7.91. The van der Waals surface area contributed by atoms with Gasteiger partial charge >= 0.3 is 6.18 Å². The van der Waals surface area contributed by atoms with Gasteiger partial charge in [0.25, 0.3) is 0 Å². The van der Waals surface area contributed by atoms with E-state index in [0.717, 1.165) is 0 Å². The maximum atomic E-state index is 14.0. The molecule has 2 rings (SSSR count). The first kappa shape index (κ1) is 30.3. The average molecular weight is 540 g/mol. The molecule has 0 fully saturated rings. The molecule has 2 aromatic carbocycles. The molecule has 0 unspecified atom stereocenters. The lowest BCUT2D eigenvalue weighted by Gasteiger charge is -2.28. The van der Waals surface area contributed by atoms with E-state index in [-0.39, 0.29) is 29.3 Å². The van der Waals surface area contributed by atoms with E-state index in [1.807, 2.05) is 0 Å². The maximum Gasteiger partial charge on any atom is 0.407 e. The number of carbonyl (C=O) groups excluding carboxylic acids is 1. The summed E-state index contributed by atoms with van der Waals surface area (Å²) in [5.74, 6) is -1.20. The number of amides is 1. The third-order valence-electron chi connectivity index (χ3n) is 5.39. The number of benzene rings is 2. The summed E-state index contributed by atoms with van der Waals surface area (Å²) in [6.07, 6.45) is -4.55. The molecule has 0 aromatic heterocycles. The van der Waals surface area contributed by atoms with Crippen molar-refractivity contribution >= 4 is 15.7 Å². The van der Waals surface area contributed by atoms with Crippen molar-refractivity contribution in [2.24, 2.45) is 5.92 Å². The average Bonchev–Trinajstić information content (AvgIpc) is 2.78. The molecule has 0 spiro atoms. The van der Waals surface area contributed by atoms with Crippen LogP contribution in [-0.4, -0.2) is 49.5 Å². The standard InChI is InChI=1S/C26H32F3N3O4S/c1-17(2)15-22(24(33)31-14-13-30)32-23(26(27,28)29)20-7-5-18(6-8-20)19-9-11-21(12-10-19)37(35,36)16-25(3,4)34/h5-12,17,22-23,32,34H,14-16H2,1-4H3,(H,31,33)/t22-,23-/m0/s1. The van der Waals surface area contributed by atoms with E-state index in [1.165, 1.54) is 50.2 Å². The van der Waals surface area contributed by atoms with E-state index >= 15 is 0 Å². The number of carbonyl (C=O) groups is 1. The van der Waals surface area contributed by atoms with Crippen molar-refractivity contribution in [3.05, 3.63) is 54.1 Å². The first-order valence-corrected chi connectivity index (χ1v) is 13.3. The normalized spacial score (nSPS) is 14.2. The topological polar surface area (TPSA) is 119 Å². The fraction of sp³-hybridized carbons (Fsp3) is 0.462. The molecule has 0 heterocycles. The van der Waals surface area contributed by atoms with Gasteiger partial charge in [-0.15, -0.1) is 0 Å². The van der Waals surface area contributed by atoms with Gasteiger partial charge < -0.3 is 10.4 Å². The van der Waals surface area contributed by atoms with Crippen LogP contribution in [0.5, 0.6) is 0 Å². The molecule has 0 saturated carbocycles. The van der Waals surface area contributed by atoms with Crippen molar-refractivity contribution < 1.29 is 31.5 Å². The SMILES string of the molecule is CC(C)C[C@H](N[C@@H](c1ccc(-c2ccc(S(=O)(=O)CC(C)(C)O)cc2)cc1)C(F)(F)F)C(=O)NCC#N. The lowest BCUT2D eigenvalue weighted by atomic mass is 9.97. The van der Waals surface area contributed by atoms with Gasteiger partial charge in [-0.2, -0.15) is 18.4 Å². The minimum Gasteiger partial charge on any atom is -0.389 e. The van der Waals surface area contributed by atoms with Crippen LogP contribution in [0.4, 0.5) is 13.2 Å². The van der Waals surface area contributed by atoms with Crippen LogP contribution in [0.3, 0.4) is 0 Å². The molecule has 2 atom stereocenters. The molecule has 202 valence electrons. The smallest absolute Gasteiger partial charge is 0.389 e. The lowest BCUT2D eigenvalue weighted by molar-refractivity contribution is -0.161. The number of nitrogens with one attached hydrogen (secondary N) is 2. The van der Waals surface area contributed by atoms with Crippen LogP contribution in [0.2, 0.25) is 0 Å². The van der Waals surface area contributed by atoms with Crippen molar-refractivity contribution in [3.63, 3.8) is 0 Å². The van der Waals surface area contributed by atoms with Crippen LogP contribution in [0.15, 0.2) is 53.4 Å². The quantitative estimate of drug-likeness (QED) is 0.369. The predicted octanol–water partition coefficient (Wildman–Crippen LogP) is 4.15. The Morgan fingerprint density at radius 3 is 1.97 bits per heavy atom. The molecule has 0 aliphatic rings. The van der Waals surface area contributed by atoms with Crippen molar-refractivity contribution in [2.45, 2.75) is 62.9 Å². The first-order valence-electron chi connectivity index (χ1n) is 11.7. The van der Waals surface area contributed by atoms with E-state index in [9.17, 15) is 31.5 Å². The van der Waals surface area contributed by atoms with E-state index in [1.54, 1.807) is 32.0 Å². The Balaban J connectivity index is 2.30. The molecule has 2 aromatic rings. The number of rotatable bonds is 11. The summed E-state index contributed by atoms with van der Waals surface area (Å²) in [4.78, 5) is 12.4. The third kappa shape index (κ3) is 9.14. The molecule has 0 aliphatic carbocycles. The largest absolute Gasteiger partial charge is 0.407 e. The second-order valence-electron chi connectivity index (χ2n) is 9.92. The number of nitriles is 1. The highest BCUT2D eigenvalue weighted by atomic mass is 32.2. The number of halogens is 3. The summed E-state index contributed by atoms with van der Waals surface area (Å²) < 4.78 is 66.9. The van der Waals surface area contributed by atoms with Crippen molar-refractivity contribution in [3.8, 4) is 17.2 Å². The summed E-state index contributed by atoms with van der Waals surface area (Å²) in [6.45, 7) is 6.05. The zero-order chi connectivity index (χ0) is 28.0. The van der Waals surface area contributed by atoms with E-state index in [0.29, 0.717) is 11.1 Å². The van der Waals surface area contributed by atoms with E-state index in [4.69, 9.17) is 5.26 Å². The number of nitrogens with zero attached hydrogens (tertiary/aromatic N) is 1. The maximum absolute atomic E-state index is 14.0. The molecule has 37 heavy (non-hydrogen) atoms. The van der Waals surface area contributed by atoms with Gasteiger partial charge in [0.05, 0.1) is 28.4 Å². The minimum atomic E-state index is -4.69. The molecule has 11 heteroatoms. The molecular weight excluding hydrogens is 507 g/mol. The van der Waals surface area contributed by atoms with Crippen molar-refractivity contribution in [2.75, 3.05) is 12.3 Å². The Hall–Kier alpha value is -2.94. The molecule has 1 amide bonds. The van der Waals surface area contributed by atoms with Crippen molar-refractivity contribution in [1.82, 2.24) is 10.6 Å². The summed E-state index contributed by atoms with van der Waals surface area (Å²) >= 11 is 0. The Labute approximate surface area is 215 Å². The number of sulfone groups is 1. The third-order valence-corrected chi connectivity index (χ3v) is 7.47. The second kappa shape index (κ2) is 12.1. The van der Waals surface area contributed by atoms with Gasteiger partial charge in [-0.3, -0.25) is 10.1 Å². The van der Waals surface area contributed by atoms with Gasteiger partial charge in [-0.1, -0.05) is 50.2 Å². The van der Waals surface area contributed by atoms with Crippen molar-refractivity contribution in [1.29, 1.82) is 5.26 Å². The summed E-state index contributed by atoms with van der Waals surface area (Å²) in [7, 11) is -3.72. The van der Waals surface area contributed by atoms with Crippen LogP contribution < -0.4 is 10.6 Å². The summed E-state index contributed by atoms with van der Waals surface area (Å²) in [5.41, 5.74) is -0.330. The molecular formula is C26H32F3N3O4S. The van der Waals surface area contributed by atoms with E-state index < -0.39 is 45.4 Å². The number of hydrogen-bond acceptors (Lipinski definition) is 6. The molecule has 0 bridgehead atoms. The van der Waals surface area contributed by atoms with Crippen LogP contribution in [-0.2, 0) is 14.6 Å². The van der Waals surface area contributed by atoms with Gasteiger partial charge in [0.2, 0.25) is 5.91 Å². The number of hydrogen-bond donors (Lipinski definition) is 3. The van der Waals surface area contributed by atoms with Gasteiger partial charge in [0, 0.05) is 0 Å². The van der Waals surface area contributed by atoms with Gasteiger partial charge in [0.1, 0.15) is 12.6 Å². The Morgan fingerprint density at radius 1 is 1.03 bits per heavy atom. The molecule has 0 saturated heterocycles. The highest BCUT2D eigenvalue weighted by Gasteiger charge is 2.43. The predicted molar refractivity (Wildman–Crippen MR) is 134 cm³/mol. The van der Waals surface area contributed by atoms with Gasteiger partial charge in [-0.25, -0.2) is 8.42 Å². The minimum absolute atomic E-state index is 0.0298. The van der Waals surface area contributed by atoms with E-state index in [2.05, 4.69) is 10.6 Å². The fourth-order valence-electron chi connectivity index (χ4n) is 3.82. The summed E-state index contributed by atoms with van der Waals surface area (Å²) in [5, 5.41) is 23.3. The molecule has 3 N–H and O–H groups in total. The highest BCUT2D eigenvalue weighted by Crippen LogP contribution is 2.35. The fourth-order valence-corrected chi connectivity index (χ4v) is 5.47. The van der Waals surface area contributed by atoms with Crippen LogP contribution in [0.25, 0.3) is 11.1 Å². The zero-order valence-electron chi connectivity index (χ0n) is 21.1. The first-order chi connectivity index (χ1) is 17.0. The summed E-state index contributed by atoms with van der Waals surface area (Å²) in [6, 6.07) is 9.92. The monoisotopic (exact) mass is 539 g/mol. The number of alkyl halides is 3. The van der Waals surface area contributed by atoms with Crippen LogP contribution in [0, 0.1) is 17.2 Å². The Bertz CT molecular complexity index is 1200. The molecule has 0 aliphatic heterocycles. The van der Waals surface area contributed by atoms with Gasteiger partial charge in [0.15, 0.2) is 9.84 Å². The zero-order valence-corrected chi connectivity index (χ0v) is 21.9. The second-order valence-corrected chi connectivity index (χ2v) is 11.9. The molecule has 0 radical (unpaired) electrons. The lowest BCUT2D eigenvalue weighted by Crippen LogP contribution is -2.49.